The van der Waals surface area contributed by atoms with Gasteiger partial charge in [-0.05, 0) is 31.0 Å². The Balaban J connectivity index is 2.98. The lowest BCUT2D eigenvalue weighted by atomic mass is 10.1. The monoisotopic (exact) mass is 203 g/mol. The van der Waals surface area contributed by atoms with Crippen molar-refractivity contribution in [3.63, 3.8) is 0 Å². The number of hydrogen-bond acceptors (Lipinski definition) is 2. The molecule has 0 aromatic heterocycles. The number of aliphatic hydroxyl groups is 1. The normalized spacial score (nSPS) is 9.73. The van der Waals surface area contributed by atoms with Crippen LogP contribution in [0.1, 0.15) is 18.1 Å². The molecule has 2 nitrogen and oxygen atoms in total. The van der Waals surface area contributed by atoms with Crippen molar-refractivity contribution in [1.29, 1.82) is 0 Å². The molecule has 0 aliphatic heterocycles. The van der Waals surface area contributed by atoms with Gasteiger partial charge < -0.3 is 10.0 Å². The van der Waals surface area contributed by atoms with E-state index in [4.69, 9.17) is 11.5 Å². The van der Waals surface area contributed by atoms with Crippen molar-refractivity contribution < 1.29 is 5.11 Å². The van der Waals surface area contributed by atoms with E-state index in [1.54, 1.807) is 0 Å². The topological polar surface area (TPSA) is 23.5 Å². The third kappa shape index (κ3) is 2.74. The number of nitrogens with zero attached hydrogens (tertiary/aromatic N) is 1. The molecule has 1 N–H and O–H groups in total. The van der Waals surface area contributed by atoms with Crippen LogP contribution in [0.2, 0.25) is 0 Å². The standard InChI is InChI=1S/C13H17NO/c1-4-8-14(5-2)13-7-6-12(10-15)9-11(13)3/h1,6-7,9,15H,5,8,10H2,2-3H3. The zero-order chi connectivity index (χ0) is 11.3. The number of aliphatic hydroxyl groups excluding tert-OH is 1. The smallest absolute Gasteiger partial charge is 0.0791 e. The molecule has 0 bridgehead atoms. The van der Waals surface area contributed by atoms with Crippen LogP contribution in [-0.4, -0.2) is 18.2 Å². The van der Waals surface area contributed by atoms with Gasteiger partial charge in [-0.2, -0.15) is 0 Å². The van der Waals surface area contributed by atoms with Crippen LogP contribution < -0.4 is 4.90 Å². The molecule has 0 atom stereocenters. The highest BCUT2D eigenvalue weighted by molar-refractivity contribution is 5.55. The fourth-order valence-electron chi connectivity index (χ4n) is 1.65. The quantitative estimate of drug-likeness (QED) is 0.756. The predicted octanol–water partition coefficient (Wildman–Crippen LogP) is 1.95. The lowest BCUT2D eigenvalue weighted by molar-refractivity contribution is 0.282. The minimum atomic E-state index is 0.0857. The van der Waals surface area contributed by atoms with Gasteiger partial charge in [0.15, 0.2) is 0 Å². The molecule has 1 aromatic carbocycles. The van der Waals surface area contributed by atoms with Gasteiger partial charge in [0.2, 0.25) is 0 Å². The second-order valence-corrected chi connectivity index (χ2v) is 3.50. The van der Waals surface area contributed by atoms with E-state index in [1.165, 1.54) is 0 Å². The first-order valence-electron chi connectivity index (χ1n) is 5.11. The molecule has 0 fully saturated rings. The lowest BCUT2D eigenvalue weighted by Crippen LogP contribution is -2.23. The highest BCUT2D eigenvalue weighted by Gasteiger charge is 2.06. The summed E-state index contributed by atoms with van der Waals surface area (Å²) in [6.07, 6.45) is 5.32. The van der Waals surface area contributed by atoms with Crippen LogP contribution in [0, 0.1) is 19.3 Å². The van der Waals surface area contributed by atoms with E-state index in [-0.39, 0.29) is 6.61 Å². The molecular weight excluding hydrogens is 186 g/mol. The predicted molar refractivity (Wildman–Crippen MR) is 63.8 cm³/mol. The summed E-state index contributed by atoms with van der Waals surface area (Å²) in [4.78, 5) is 2.14. The van der Waals surface area contributed by atoms with Gasteiger partial charge in [0, 0.05) is 12.2 Å². The van der Waals surface area contributed by atoms with E-state index < -0.39 is 0 Å². The molecule has 0 spiro atoms. The van der Waals surface area contributed by atoms with Crippen LogP contribution in [0.15, 0.2) is 18.2 Å². The Morgan fingerprint density at radius 3 is 2.67 bits per heavy atom. The Morgan fingerprint density at radius 1 is 1.47 bits per heavy atom. The first kappa shape index (κ1) is 11.6. The maximum atomic E-state index is 9.01. The number of terminal acetylenes is 1. The van der Waals surface area contributed by atoms with Gasteiger partial charge in [-0.1, -0.05) is 18.1 Å². The van der Waals surface area contributed by atoms with Gasteiger partial charge in [-0.15, -0.1) is 6.42 Å². The third-order valence-corrected chi connectivity index (χ3v) is 2.45. The molecule has 1 rings (SSSR count). The summed E-state index contributed by atoms with van der Waals surface area (Å²) >= 11 is 0. The second-order valence-electron chi connectivity index (χ2n) is 3.50. The minimum absolute atomic E-state index is 0.0857. The van der Waals surface area contributed by atoms with Crippen molar-refractivity contribution in [3.8, 4) is 12.3 Å². The Hall–Kier alpha value is -1.46. The largest absolute Gasteiger partial charge is 0.392 e. The first-order valence-corrected chi connectivity index (χ1v) is 5.11. The third-order valence-electron chi connectivity index (χ3n) is 2.45. The van der Waals surface area contributed by atoms with Crippen LogP contribution in [0.3, 0.4) is 0 Å². The van der Waals surface area contributed by atoms with Crippen LogP contribution in [0.25, 0.3) is 0 Å². The number of rotatable bonds is 4. The number of aryl methyl sites for hydroxylation is 1. The van der Waals surface area contributed by atoms with Crippen LogP contribution >= 0.6 is 0 Å². The molecule has 0 unspecified atom stereocenters. The Morgan fingerprint density at radius 2 is 2.20 bits per heavy atom. The lowest BCUT2D eigenvalue weighted by Gasteiger charge is -2.22. The van der Waals surface area contributed by atoms with E-state index in [1.807, 2.05) is 25.1 Å². The SMILES string of the molecule is C#CCN(CC)c1ccc(CO)cc1C. The Labute approximate surface area is 91.5 Å². The number of anilines is 1. The molecule has 0 heterocycles. The molecule has 0 saturated heterocycles. The van der Waals surface area contributed by atoms with E-state index in [9.17, 15) is 0 Å². The van der Waals surface area contributed by atoms with Crippen LogP contribution in [0.5, 0.6) is 0 Å². The van der Waals surface area contributed by atoms with Gasteiger partial charge in [-0.3, -0.25) is 0 Å². The average molecular weight is 203 g/mol. The highest BCUT2D eigenvalue weighted by atomic mass is 16.3. The van der Waals surface area contributed by atoms with Crippen LogP contribution in [0.4, 0.5) is 5.69 Å². The van der Waals surface area contributed by atoms with Crippen molar-refractivity contribution in [2.75, 3.05) is 18.0 Å². The summed E-state index contributed by atoms with van der Waals surface area (Å²) in [5, 5.41) is 9.01. The van der Waals surface area contributed by atoms with Crippen molar-refractivity contribution in [3.05, 3.63) is 29.3 Å². The maximum absolute atomic E-state index is 9.01. The van der Waals surface area contributed by atoms with E-state index in [0.717, 1.165) is 23.4 Å². The molecular formula is C13H17NO. The van der Waals surface area contributed by atoms with Crippen molar-refractivity contribution in [1.82, 2.24) is 0 Å². The van der Waals surface area contributed by atoms with Crippen molar-refractivity contribution in [2.24, 2.45) is 0 Å². The van der Waals surface area contributed by atoms with Crippen molar-refractivity contribution in [2.45, 2.75) is 20.5 Å². The minimum Gasteiger partial charge on any atom is -0.392 e. The summed E-state index contributed by atoms with van der Waals surface area (Å²) in [5.41, 5.74) is 3.24. The number of benzene rings is 1. The fourth-order valence-corrected chi connectivity index (χ4v) is 1.65. The van der Waals surface area contributed by atoms with Gasteiger partial charge in [0.1, 0.15) is 0 Å². The molecule has 0 radical (unpaired) electrons. The molecule has 0 aliphatic carbocycles. The van der Waals surface area contributed by atoms with E-state index in [0.29, 0.717) is 6.54 Å². The molecule has 1 aromatic rings. The molecule has 15 heavy (non-hydrogen) atoms. The zero-order valence-corrected chi connectivity index (χ0v) is 9.33. The summed E-state index contributed by atoms with van der Waals surface area (Å²) in [5.74, 6) is 2.65. The maximum Gasteiger partial charge on any atom is 0.0791 e. The van der Waals surface area contributed by atoms with E-state index in [2.05, 4.69) is 17.7 Å². The fraction of sp³-hybridized carbons (Fsp3) is 0.385. The van der Waals surface area contributed by atoms with Gasteiger partial charge >= 0.3 is 0 Å². The Kier molecular flexibility index (Phi) is 4.20. The average Bonchev–Trinajstić information content (AvgIpc) is 2.26. The summed E-state index contributed by atoms with van der Waals surface area (Å²) in [6.45, 7) is 5.71. The molecule has 2 heteroatoms. The molecule has 0 amide bonds. The zero-order valence-electron chi connectivity index (χ0n) is 9.33. The van der Waals surface area contributed by atoms with Crippen molar-refractivity contribution >= 4 is 5.69 Å². The summed E-state index contributed by atoms with van der Waals surface area (Å²) < 4.78 is 0. The highest BCUT2D eigenvalue weighted by Crippen LogP contribution is 2.20. The summed E-state index contributed by atoms with van der Waals surface area (Å²) in [7, 11) is 0. The van der Waals surface area contributed by atoms with Gasteiger partial charge in [0.25, 0.3) is 0 Å². The molecule has 0 saturated carbocycles. The number of hydrogen-bond donors (Lipinski definition) is 1. The molecule has 0 aliphatic rings. The first-order chi connectivity index (χ1) is 7.22. The van der Waals surface area contributed by atoms with E-state index >= 15 is 0 Å². The van der Waals surface area contributed by atoms with Crippen LogP contribution in [-0.2, 0) is 6.61 Å². The second kappa shape index (κ2) is 5.43. The summed E-state index contributed by atoms with van der Waals surface area (Å²) in [6, 6.07) is 5.94. The van der Waals surface area contributed by atoms with Gasteiger partial charge in [0.05, 0.1) is 13.2 Å². The molecule has 80 valence electrons. The Bertz CT molecular complexity index is 365. The van der Waals surface area contributed by atoms with Gasteiger partial charge in [-0.25, -0.2) is 0 Å².